The van der Waals surface area contributed by atoms with Crippen LogP contribution >= 0.6 is 0 Å². The van der Waals surface area contributed by atoms with Crippen molar-refractivity contribution >= 4 is 17.7 Å². The number of aromatic nitrogens is 1. The van der Waals surface area contributed by atoms with Gasteiger partial charge in [-0.3, -0.25) is 10.3 Å². The fraction of sp³-hybridized carbons (Fsp3) is 0.364. The number of pyridine rings is 1. The van der Waals surface area contributed by atoms with Crippen molar-refractivity contribution < 1.29 is 19.4 Å². The topological polar surface area (TPSA) is 88.5 Å². The number of carboxylic acids is 1. The molecule has 2 N–H and O–H groups in total. The fourth-order valence-electron chi connectivity index (χ4n) is 1.13. The van der Waals surface area contributed by atoms with E-state index in [0.717, 1.165) is 12.8 Å². The Morgan fingerprint density at radius 3 is 2.94 bits per heavy atom. The predicted octanol–water partition coefficient (Wildman–Crippen LogP) is 2.13. The van der Waals surface area contributed by atoms with Gasteiger partial charge in [0, 0.05) is 12.4 Å². The molecule has 1 rings (SSSR count). The van der Waals surface area contributed by atoms with Gasteiger partial charge in [-0.1, -0.05) is 13.3 Å². The van der Waals surface area contributed by atoms with Crippen LogP contribution in [0, 0.1) is 0 Å². The molecule has 0 spiro atoms. The summed E-state index contributed by atoms with van der Waals surface area (Å²) in [5.74, 6) is -1.15. The monoisotopic (exact) mass is 238 g/mol. The highest BCUT2D eigenvalue weighted by atomic mass is 16.5. The van der Waals surface area contributed by atoms with Crippen LogP contribution in [-0.2, 0) is 4.74 Å². The first-order valence-electron chi connectivity index (χ1n) is 5.26. The van der Waals surface area contributed by atoms with E-state index in [9.17, 15) is 9.59 Å². The maximum Gasteiger partial charge on any atom is 0.411 e. The Morgan fingerprint density at radius 2 is 2.29 bits per heavy atom. The van der Waals surface area contributed by atoms with E-state index in [1.54, 1.807) is 0 Å². The van der Waals surface area contributed by atoms with Gasteiger partial charge in [0.1, 0.15) is 5.56 Å². The second kappa shape index (κ2) is 6.47. The zero-order valence-corrected chi connectivity index (χ0v) is 9.47. The van der Waals surface area contributed by atoms with Crippen LogP contribution in [-0.4, -0.2) is 28.8 Å². The maximum atomic E-state index is 11.3. The number of hydrogen-bond acceptors (Lipinski definition) is 4. The lowest BCUT2D eigenvalue weighted by molar-refractivity contribution is 0.0697. The van der Waals surface area contributed by atoms with Gasteiger partial charge in [0.25, 0.3) is 0 Å². The summed E-state index contributed by atoms with van der Waals surface area (Å²) in [6, 6.07) is 1.41. The lowest BCUT2D eigenvalue weighted by Crippen LogP contribution is -2.16. The number of unbranched alkanes of at least 4 members (excludes halogenated alkanes) is 1. The highest BCUT2D eigenvalue weighted by Crippen LogP contribution is 2.13. The van der Waals surface area contributed by atoms with Crippen molar-refractivity contribution in [1.82, 2.24) is 4.98 Å². The Kier molecular flexibility index (Phi) is 4.93. The molecule has 0 atom stereocenters. The molecule has 0 radical (unpaired) electrons. The number of nitrogens with zero attached hydrogens (tertiary/aromatic N) is 1. The number of nitrogens with one attached hydrogen (secondary N) is 1. The van der Waals surface area contributed by atoms with E-state index in [1.807, 2.05) is 6.92 Å². The number of ether oxygens (including phenoxy) is 1. The van der Waals surface area contributed by atoms with Crippen LogP contribution in [0.15, 0.2) is 18.5 Å². The number of aromatic carboxylic acids is 1. The average molecular weight is 238 g/mol. The van der Waals surface area contributed by atoms with Crippen LogP contribution in [0.4, 0.5) is 10.5 Å². The van der Waals surface area contributed by atoms with Gasteiger partial charge in [0.2, 0.25) is 0 Å². The third kappa shape index (κ3) is 4.10. The second-order valence-corrected chi connectivity index (χ2v) is 3.34. The molecule has 92 valence electrons. The number of carbonyl (C=O) groups excluding carboxylic acids is 1. The predicted molar refractivity (Wildman–Crippen MR) is 61.1 cm³/mol. The van der Waals surface area contributed by atoms with Gasteiger partial charge in [-0.15, -0.1) is 0 Å². The molecule has 0 fully saturated rings. The number of hydrogen-bond donors (Lipinski definition) is 2. The molecule has 1 amide bonds. The third-order valence-corrected chi connectivity index (χ3v) is 2.02. The summed E-state index contributed by atoms with van der Waals surface area (Å²) in [6.07, 6.45) is 3.60. The lowest BCUT2D eigenvalue weighted by atomic mass is 10.2. The lowest BCUT2D eigenvalue weighted by Gasteiger charge is -2.08. The Hall–Kier alpha value is -2.11. The molecule has 6 heteroatoms. The molecule has 1 aromatic rings. The highest BCUT2D eigenvalue weighted by Gasteiger charge is 2.12. The van der Waals surface area contributed by atoms with Crippen LogP contribution in [0.5, 0.6) is 0 Å². The van der Waals surface area contributed by atoms with E-state index < -0.39 is 12.1 Å². The summed E-state index contributed by atoms with van der Waals surface area (Å²) in [7, 11) is 0. The van der Waals surface area contributed by atoms with E-state index in [-0.39, 0.29) is 11.3 Å². The van der Waals surface area contributed by atoms with Crippen LogP contribution in [0.25, 0.3) is 0 Å². The fourth-order valence-corrected chi connectivity index (χ4v) is 1.13. The SMILES string of the molecule is CCCCOC(=O)Nc1ccncc1C(=O)O. The summed E-state index contributed by atoms with van der Waals surface area (Å²) in [6.45, 7) is 2.29. The minimum absolute atomic E-state index is 0.0695. The number of carboxylic acid groups (broad SMARTS) is 1. The smallest absolute Gasteiger partial charge is 0.411 e. The first kappa shape index (κ1) is 13.0. The minimum Gasteiger partial charge on any atom is -0.478 e. The van der Waals surface area contributed by atoms with Crippen molar-refractivity contribution in [2.45, 2.75) is 19.8 Å². The van der Waals surface area contributed by atoms with Crippen molar-refractivity contribution in [3.8, 4) is 0 Å². The van der Waals surface area contributed by atoms with Gasteiger partial charge in [-0.25, -0.2) is 9.59 Å². The Labute approximate surface area is 98.6 Å². The molecule has 0 aliphatic carbocycles. The Balaban J connectivity index is 2.61. The van der Waals surface area contributed by atoms with Crippen molar-refractivity contribution in [3.05, 3.63) is 24.0 Å². The van der Waals surface area contributed by atoms with E-state index in [0.29, 0.717) is 6.61 Å². The van der Waals surface area contributed by atoms with Gasteiger partial charge >= 0.3 is 12.1 Å². The summed E-state index contributed by atoms with van der Waals surface area (Å²) >= 11 is 0. The van der Waals surface area contributed by atoms with Crippen LogP contribution in [0.2, 0.25) is 0 Å². The molecule has 6 nitrogen and oxygen atoms in total. The van der Waals surface area contributed by atoms with Gasteiger partial charge in [0.15, 0.2) is 0 Å². The summed E-state index contributed by atoms with van der Waals surface area (Å²) < 4.78 is 4.86. The molecule has 0 bridgehead atoms. The molecular weight excluding hydrogens is 224 g/mol. The highest BCUT2D eigenvalue weighted by molar-refractivity contribution is 5.98. The zero-order valence-electron chi connectivity index (χ0n) is 9.47. The number of carbonyl (C=O) groups is 2. The van der Waals surface area contributed by atoms with Crippen molar-refractivity contribution in [1.29, 1.82) is 0 Å². The molecule has 0 aromatic carbocycles. The van der Waals surface area contributed by atoms with Crippen LogP contribution < -0.4 is 5.32 Å². The Morgan fingerprint density at radius 1 is 1.53 bits per heavy atom. The molecule has 0 aliphatic rings. The largest absolute Gasteiger partial charge is 0.478 e. The molecule has 0 aliphatic heterocycles. The zero-order chi connectivity index (χ0) is 12.7. The molecule has 17 heavy (non-hydrogen) atoms. The Bertz CT molecular complexity index is 406. The maximum absolute atomic E-state index is 11.3. The van der Waals surface area contributed by atoms with Crippen molar-refractivity contribution in [2.24, 2.45) is 0 Å². The quantitative estimate of drug-likeness (QED) is 0.767. The van der Waals surface area contributed by atoms with E-state index in [4.69, 9.17) is 9.84 Å². The van der Waals surface area contributed by atoms with Gasteiger partial charge in [-0.2, -0.15) is 0 Å². The molecule has 0 saturated heterocycles. The second-order valence-electron chi connectivity index (χ2n) is 3.34. The van der Waals surface area contributed by atoms with E-state index in [1.165, 1.54) is 18.5 Å². The average Bonchev–Trinajstić information content (AvgIpc) is 2.29. The van der Waals surface area contributed by atoms with Crippen LogP contribution in [0.1, 0.15) is 30.1 Å². The molecule has 0 unspecified atom stereocenters. The molecule has 1 aromatic heterocycles. The van der Waals surface area contributed by atoms with E-state index in [2.05, 4.69) is 10.3 Å². The standard InChI is InChI=1S/C11H14N2O4/c1-2-3-6-17-11(16)13-9-4-5-12-7-8(9)10(14)15/h4-5,7H,2-3,6H2,1H3,(H,14,15)(H,12,13,16). The van der Waals surface area contributed by atoms with Gasteiger partial charge in [0.05, 0.1) is 12.3 Å². The normalized spacial score (nSPS) is 9.71. The number of anilines is 1. The van der Waals surface area contributed by atoms with Gasteiger partial charge in [-0.05, 0) is 12.5 Å². The molecule has 1 heterocycles. The van der Waals surface area contributed by atoms with Crippen molar-refractivity contribution in [2.75, 3.05) is 11.9 Å². The minimum atomic E-state index is -1.15. The number of amides is 1. The summed E-state index contributed by atoms with van der Waals surface area (Å²) in [5, 5.41) is 11.2. The summed E-state index contributed by atoms with van der Waals surface area (Å²) in [5.41, 5.74) is 0.105. The summed E-state index contributed by atoms with van der Waals surface area (Å²) in [4.78, 5) is 25.8. The van der Waals surface area contributed by atoms with Gasteiger partial charge < -0.3 is 9.84 Å². The molecule has 0 saturated carbocycles. The first-order valence-corrected chi connectivity index (χ1v) is 5.26. The first-order chi connectivity index (χ1) is 8.15. The molecular formula is C11H14N2O4. The van der Waals surface area contributed by atoms with Crippen LogP contribution in [0.3, 0.4) is 0 Å². The third-order valence-electron chi connectivity index (χ3n) is 2.02. The van der Waals surface area contributed by atoms with Crippen molar-refractivity contribution in [3.63, 3.8) is 0 Å². The number of rotatable bonds is 5. The van der Waals surface area contributed by atoms with E-state index >= 15 is 0 Å².